The van der Waals surface area contributed by atoms with Crippen molar-refractivity contribution in [3.05, 3.63) is 29.6 Å². The summed E-state index contributed by atoms with van der Waals surface area (Å²) in [7, 11) is 0. The Morgan fingerprint density at radius 1 is 1.33 bits per heavy atom. The Labute approximate surface area is 125 Å². The fourth-order valence-electron chi connectivity index (χ4n) is 1.91. The zero-order valence-corrected chi connectivity index (χ0v) is 12.6. The Kier molecular flexibility index (Phi) is 5.96. The second kappa shape index (κ2) is 7.73. The van der Waals surface area contributed by atoms with Gasteiger partial charge < -0.3 is 19.9 Å². The molecule has 0 aromatic heterocycles. The lowest BCUT2D eigenvalue weighted by Gasteiger charge is -2.16. The van der Waals surface area contributed by atoms with E-state index in [9.17, 15) is 9.50 Å². The van der Waals surface area contributed by atoms with Gasteiger partial charge in [0, 0.05) is 18.2 Å². The highest BCUT2D eigenvalue weighted by atomic mass is 19.1. The van der Waals surface area contributed by atoms with Gasteiger partial charge in [-0.3, -0.25) is 0 Å². The molecule has 1 aromatic rings. The summed E-state index contributed by atoms with van der Waals surface area (Å²) in [6.45, 7) is 4.77. The molecule has 0 bridgehead atoms. The van der Waals surface area contributed by atoms with E-state index in [1.165, 1.54) is 25.0 Å². The zero-order chi connectivity index (χ0) is 15.2. The Balaban J connectivity index is 1.85. The van der Waals surface area contributed by atoms with E-state index in [4.69, 9.17) is 9.47 Å². The van der Waals surface area contributed by atoms with Crippen LogP contribution < -0.4 is 10.1 Å². The maximum Gasteiger partial charge on any atom is 0.124 e. The summed E-state index contributed by atoms with van der Waals surface area (Å²) in [5.74, 6) is 0.326. The van der Waals surface area contributed by atoms with Crippen molar-refractivity contribution in [1.82, 2.24) is 5.32 Å². The molecule has 2 N–H and O–H groups in total. The monoisotopic (exact) mass is 297 g/mol. The van der Waals surface area contributed by atoms with Crippen molar-refractivity contribution in [2.75, 3.05) is 13.2 Å². The highest BCUT2D eigenvalue weighted by Crippen LogP contribution is 2.23. The number of rotatable bonds is 9. The summed E-state index contributed by atoms with van der Waals surface area (Å²) >= 11 is 0. The van der Waals surface area contributed by atoms with Gasteiger partial charge in [0.05, 0.1) is 12.7 Å². The molecule has 0 radical (unpaired) electrons. The molecule has 0 amide bonds. The number of aliphatic hydroxyl groups is 1. The molecule has 1 unspecified atom stereocenters. The van der Waals surface area contributed by atoms with Crippen molar-refractivity contribution in [2.24, 2.45) is 0 Å². The molecule has 1 atom stereocenters. The average molecular weight is 297 g/mol. The second-order valence-corrected chi connectivity index (χ2v) is 5.75. The van der Waals surface area contributed by atoms with Gasteiger partial charge in [0.1, 0.15) is 24.3 Å². The maximum atomic E-state index is 13.3. The lowest BCUT2D eigenvalue weighted by Crippen LogP contribution is -2.25. The first-order valence-electron chi connectivity index (χ1n) is 7.49. The van der Waals surface area contributed by atoms with E-state index in [0.29, 0.717) is 18.3 Å². The fourth-order valence-corrected chi connectivity index (χ4v) is 1.91. The van der Waals surface area contributed by atoms with Crippen LogP contribution in [0.4, 0.5) is 4.39 Å². The molecule has 1 aliphatic rings. The number of halogens is 1. The third kappa shape index (κ3) is 5.99. The summed E-state index contributed by atoms with van der Waals surface area (Å²) in [4.78, 5) is 0. The lowest BCUT2D eigenvalue weighted by atomic mass is 10.2. The van der Waals surface area contributed by atoms with Crippen LogP contribution in [0.15, 0.2) is 18.2 Å². The standard InChI is InChI=1S/C16H24FNO3/c1-11(2)20-9-15(19)10-21-16-6-3-13(17)7-12(16)8-18-14-4-5-14/h3,6-7,11,14-15,18-19H,4-5,8-10H2,1-2H3. The van der Waals surface area contributed by atoms with Crippen LogP contribution in [0.25, 0.3) is 0 Å². The van der Waals surface area contributed by atoms with Crippen molar-refractivity contribution < 1.29 is 19.0 Å². The summed E-state index contributed by atoms with van der Waals surface area (Å²) in [5.41, 5.74) is 0.777. The minimum atomic E-state index is -0.693. The van der Waals surface area contributed by atoms with Crippen LogP contribution in [0.1, 0.15) is 32.3 Å². The van der Waals surface area contributed by atoms with Crippen molar-refractivity contribution in [3.8, 4) is 5.75 Å². The number of ether oxygens (including phenoxy) is 2. The molecule has 118 valence electrons. The average Bonchev–Trinajstić information content (AvgIpc) is 3.26. The minimum absolute atomic E-state index is 0.0729. The van der Waals surface area contributed by atoms with Crippen molar-refractivity contribution in [3.63, 3.8) is 0 Å². The van der Waals surface area contributed by atoms with Crippen LogP contribution in [0.2, 0.25) is 0 Å². The fraction of sp³-hybridized carbons (Fsp3) is 0.625. The van der Waals surface area contributed by atoms with E-state index in [1.54, 1.807) is 6.07 Å². The highest BCUT2D eigenvalue weighted by Gasteiger charge is 2.21. The van der Waals surface area contributed by atoms with E-state index in [0.717, 1.165) is 5.56 Å². The van der Waals surface area contributed by atoms with Crippen LogP contribution in [0.3, 0.4) is 0 Å². The minimum Gasteiger partial charge on any atom is -0.490 e. The van der Waals surface area contributed by atoms with Crippen molar-refractivity contribution in [1.29, 1.82) is 0 Å². The zero-order valence-electron chi connectivity index (χ0n) is 12.6. The van der Waals surface area contributed by atoms with Gasteiger partial charge in [0.2, 0.25) is 0 Å². The van der Waals surface area contributed by atoms with Gasteiger partial charge in [-0.15, -0.1) is 0 Å². The quantitative estimate of drug-likeness (QED) is 0.734. The summed E-state index contributed by atoms with van der Waals surface area (Å²) < 4.78 is 24.3. The van der Waals surface area contributed by atoms with E-state index in [1.807, 2.05) is 13.8 Å². The Morgan fingerprint density at radius 3 is 2.76 bits per heavy atom. The molecule has 0 spiro atoms. The number of hydrogen-bond acceptors (Lipinski definition) is 4. The van der Waals surface area contributed by atoms with Crippen LogP contribution in [0.5, 0.6) is 5.75 Å². The van der Waals surface area contributed by atoms with E-state index in [-0.39, 0.29) is 25.1 Å². The number of hydrogen-bond donors (Lipinski definition) is 2. The molecule has 0 heterocycles. The Hall–Kier alpha value is -1.17. The first-order valence-corrected chi connectivity index (χ1v) is 7.49. The van der Waals surface area contributed by atoms with Gasteiger partial charge in [-0.2, -0.15) is 0 Å². The Bertz CT molecular complexity index is 449. The van der Waals surface area contributed by atoms with Gasteiger partial charge >= 0.3 is 0 Å². The molecule has 1 aliphatic carbocycles. The van der Waals surface area contributed by atoms with Gasteiger partial charge in [0.25, 0.3) is 0 Å². The first-order chi connectivity index (χ1) is 10.0. The second-order valence-electron chi connectivity index (χ2n) is 5.75. The molecule has 5 heteroatoms. The van der Waals surface area contributed by atoms with Crippen LogP contribution in [0, 0.1) is 5.82 Å². The number of nitrogens with one attached hydrogen (secondary N) is 1. The van der Waals surface area contributed by atoms with Crippen molar-refractivity contribution >= 4 is 0 Å². The van der Waals surface area contributed by atoms with Crippen molar-refractivity contribution in [2.45, 2.75) is 51.5 Å². The van der Waals surface area contributed by atoms with E-state index >= 15 is 0 Å². The Morgan fingerprint density at radius 2 is 2.10 bits per heavy atom. The van der Waals surface area contributed by atoms with Crippen LogP contribution in [-0.4, -0.2) is 36.6 Å². The first kappa shape index (κ1) is 16.2. The maximum absolute atomic E-state index is 13.3. The molecule has 1 aromatic carbocycles. The normalized spacial score (nSPS) is 16.2. The molecule has 4 nitrogen and oxygen atoms in total. The van der Waals surface area contributed by atoms with Crippen LogP contribution in [-0.2, 0) is 11.3 Å². The molecule has 21 heavy (non-hydrogen) atoms. The summed E-state index contributed by atoms with van der Waals surface area (Å²) in [6.07, 6.45) is 1.73. The van der Waals surface area contributed by atoms with Gasteiger partial charge in [-0.25, -0.2) is 4.39 Å². The van der Waals surface area contributed by atoms with Gasteiger partial charge in [-0.1, -0.05) is 0 Å². The molecule has 1 saturated carbocycles. The summed E-state index contributed by atoms with van der Waals surface area (Å²) in [5, 5.41) is 13.1. The molecular formula is C16H24FNO3. The van der Waals surface area contributed by atoms with E-state index in [2.05, 4.69) is 5.32 Å². The molecule has 2 rings (SSSR count). The SMILES string of the molecule is CC(C)OCC(O)COc1ccc(F)cc1CNC1CC1. The molecule has 1 fully saturated rings. The largest absolute Gasteiger partial charge is 0.490 e. The third-order valence-electron chi connectivity index (χ3n) is 3.23. The smallest absolute Gasteiger partial charge is 0.124 e. The topological polar surface area (TPSA) is 50.7 Å². The summed E-state index contributed by atoms with van der Waals surface area (Å²) in [6, 6.07) is 5.00. The van der Waals surface area contributed by atoms with Gasteiger partial charge in [0.15, 0.2) is 0 Å². The van der Waals surface area contributed by atoms with Crippen LogP contribution >= 0.6 is 0 Å². The predicted octanol–water partition coefficient (Wildman–Crippen LogP) is 2.24. The third-order valence-corrected chi connectivity index (χ3v) is 3.23. The highest BCUT2D eigenvalue weighted by molar-refractivity contribution is 5.34. The van der Waals surface area contributed by atoms with E-state index < -0.39 is 6.10 Å². The molecule has 0 aliphatic heterocycles. The number of aliphatic hydroxyl groups excluding tert-OH is 1. The lowest BCUT2D eigenvalue weighted by molar-refractivity contribution is -0.0124. The molecular weight excluding hydrogens is 273 g/mol. The van der Waals surface area contributed by atoms with Gasteiger partial charge in [-0.05, 0) is 44.9 Å². The predicted molar refractivity (Wildman–Crippen MR) is 78.9 cm³/mol. The molecule has 0 saturated heterocycles. The number of benzene rings is 1.